The van der Waals surface area contributed by atoms with Gasteiger partial charge in [0, 0.05) is 11.7 Å². The van der Waals surface area contributed by atoms with Crippen LogP contribution < -0.4 is 21.5 Å². The molecule has 0 bridgehead atoms. The molecule has 0 aliphatic carbocycles. The fraction of sp³-hybridized carbons (Fsp3) is 0.294. The summed E-state index contributed by atoms with van der Waals surface area (Å²) < 4.78 is 19.9. The predicted octanol–water partition coefficient (Wildman–Crippen LogP) is 3.98. The van der Waals surface area contributed by atoms with Crippen molar-refractivity contribution < 1.29 is 19.0 Å². The fourth-order valence-electron chi connectivity index (χ4n) is 2.39. The molecule has 10 heteroatoms. The summed E-state index contributed by atoms with van der Waals surface area (Å²) in [7, 11) is 0. The molecule has 6 N–H and O–H groups in total. The number of nitrogens with zero attached hydrogens (tertiary/aromatic N) is 1. The van der Waals surface area contributed by atoms with Gasteiger partial charge in [0.15, 0.2) is 11.6 Å². The molecule has 7 nitrogen and oxygen atoms in total. The monoisotopic (exact) mass is 416 g/mol. The standard InChI is InChI=1S/C17H19Cl2FN4O3/c1-3-8-4-10(22)9(7(2)21)5-11(8)27-15-13(18)16(20)24-17(14(15)19)23-6-12(25)26/h4-5,7H,3,6,21-22H2,1-2H3,(H,23,24)(H,25,26). The number of nitrogens with two attached hydrogens (primary N) is 2. The van der Waals surface area contributed by atoms with Crippen LogP contribution in [0.15, 0.2) is 12.1 Å². The van der Waals surface area contributed by atoms with E-state index in [2.05, 4.69) is 10.3 Å². The Bertz CT molecular complexity index is 878. The number of halogens is 3. The van der Waals surface area contributed by atoms with Crippen molar-refractivity contribution in [2.45, 2.75) is 26.3 Å². The molecule has 1 unspecified atom stereocenters. The molecule has 0 radical (unpaired) electrons. The van der Waals surface area contributed by atoms with Crippen LogP contribution in [-0.4, -0.2) is 22.6 Å². The van der Waals surface area contributed by atoms with E-state index in [1.807, 2.05) is 6.92 Å². The molecule has 1 heterocycles. The van der Waals surface area contributed by atoms with Crippen LogP contribution in [-0.2, 0) is 11.2 Å². The van der Waals surface area contributed by atoms with E-state index in [4.69, 9.17) is 44.5 Å². The minimum atomic E-state index is -1.17. The van der Waals surface area contributed by atoms with E-state index < -0.39 is 23.5 Å². The maximum Gasteiger partial charge on any atom is 0.322 e. The zero-order chi connectivity index (χ0) is 20.3. The minimum absolute atomic E-state index is 0.149. The summed E-state index contributed by atoms with van der Waals surface area (Å²) >= 11 is 12.2. The first-order chi connectivity index (χ1) is 12.6. The van der Waals surface area contributed by atoms with Crippen LogP contribution in [0.5, 0.6) is 11.5 Å². The maximum atomic E-state index is 14.1. The maximum absolute atomic E-state index is 14.1. The van der Waals surface area contributed by atoms with Crippen molar-refractivity contribution >= 4 is 40.7 Å². The Morgan fingerprint density at radius 2 is 2.07 bits per heavy atom. The number of carboxylic acids is 1. The van der Waals surface area contributed by atoms with Crippen molar-refractivity contribution in [2.24, 2.45) is 5.73 Å². The molecule has 1 aromatic carbocycles. The summed E-state index contributed by atoms with van der Waals surface area (Å²) in [5.74, 6) is -2.24. The zero-order valence-electron chi connectivity index (χ0n) is 14.6. The Hall–Kier alpha value is -2.29. The molecule has 0 aliphatic heterocycles. The highest BCUT2D eigenvalue weighted by Crippen LogP contribution is 2.42. The molecule has 146 valence electrons. The number of aryl methyl sites for hydroxylation is 1. The summed E-state index contributed by atoms with van der Waals surface area (Å²) in [6.07, 6.45) is 0.575. The first-order valence-corrected chi connectivity index (χ1v) is 8.77. The molecule has 0 aliphatic rings. The van der Waals surface area contributed by atoms with Crippen molar-refractivity contribution in [2.75, 3.05) is 17.6 Å². The van der Waals surface area contributed by atoms with Gasteiger partial charge in [-0.3, -0.25) is 4.79 Å². The molecular formula is C17H19Cl2FN4O3. The second kappa shape index (κ2) is 8.60. The molecule has 2 aromatic rings. The fourth-order valence-corrected chi connectivity index (χ4v) is 2.86. The Labute approximate surface area is 165 Å². The Morgan fingerprint density at radius 3 is 2.63 bits per heavy atom. The van der Waals surface area contributed by atoms with Gasteiger partial charge in [-0.2, -0.15) is 9.37 Å². The lowest BCUT2D eigenvalue weighted by atomic mass is 10.0. The van der Waals surface area contributed by atoms with Crippen molar-refractivity contribution in [3.63, 3.8) is 0 Å². The van der Waals surface area contributed by atoms with E-state index in [-0.39, 0.29) is 22.6 Å². The number of pyridine rings is 1. The topological polar surface area (TPSA) is 123 Å². The van der Waals surface area contributed by atoms with Gasteiger partial charge < -0.3 is 26.6 Å². The number of aliphatic carboxylic acids is 1. The van der Waals surface area contributed by atoms with E-state index >= 15 is 0 Å². The molecule has 0 fully saturated rings. The number of carboxylic acid groups (broad SMARTS) is 1. The van der Waals surface area contributed by atoms with Gasteiger partial charge in [0.05, 0.1) is 0 Å². The predicted molar refractivity (Wildman–Crippen MR) is 103 cm³/mol. The van der Waals surface area contributed by atoms with Crippen molar-refractivity contribution in [1.82, 2.24) is 4.98 Å². The quantitative estimate of drug-likeness (QED) is 0.397. The average Bonchev–Trinajstić information content (AvgIpc) is 2.60. The largest absolute Gasteiger partial charge is 0.480 e. The third-order valence-corrected chi connectivity index (χ3v) is 4.43. The van der Waals surface area contributed by atoms with Crippen LogP contribution in [0.2, 0.25) is 10.0 Å². The van der Waals surface area contributed by atoms with Gasteiger partial charge >= 0.3 is 5.97 Å². The Balaban J connectivity index is 2.53. The summed E-state index contributed by atoms with van der Waals surface area (Å²) in [5.41, 5.74) is 13.8. The van der Waals surface area contributed by atoms with Gasteiger partial charge in [-0.05, 0) is 36.6 Å². The highest BCUT2D eigenvalue weighted by molar-refractivity contribution is 6.38. The highest BCUT2D eigenvalue weighted by Gasteiger charge is 2.22. The molecule has 1 atom stereocenters. The number of benzene rings is 1. The van der Waals surface area contributed by atoms with E-state index in [0.717, 1.165) is 5.56 Å². The number of anilines is 2. The lowest BCUT2D eigenvalue weighted by Gasteiger charge is -2.18. The van der Waals surface area contributed by atoms with Gasteiger partial charge in [-0.1, -0.05) is 30.1 Å². The SMILES string of the molecule is CCc1cc(N)c(C(C)N)cc1Oc1c(Cl)c(F)nc(NCC(=O)O)c1Cl. The second-order valence-electron chi connectivity index (χ2n) is 5.79. The first-order valence-electron chi connectivity index (χ1n) is 8.01. The molecule has 0 amide bonds. The van der Waals surface area contributed by atoms with Crippen LogP contribution in [0, 0.1) is 5.95 Å². The van der Waals surface area contributed by atoms with Crippen molar-refractivity contribution in [3.05, 3.63) is 39.3 Å². The molecule has 2 rings (SSSR count). The van der Waals surface area contributed by atoms with Crippen LogP contribution in [0.1, 0.15) is 31.0 Å². The number of carbonyl (C=O) groups is 1. The summed E-state index contributed by atoms with van der Waals surface area (Å²) in [4.78, 5) is 14.2. The smallest absolute Gasteiger partial charge is 0.322 e. The molecule has 0 spiro atoms. The summed E-state index contributed by atoms with van der Waals surface area (Å²) in [5, 5.41) is 10.6. The van der Waals surface area contributed by atoms with E-state index in [0.29, 0.717) is 23.4 Å². The van der Waals surface area contributed by atoms with Gasteiger partial charge in [0.25, 0.3) is 0 Å². The van der Waals surface area contributed by atoms with E-state index in [1.165, 1.54) is 0 Å². The Morgan fingerprint density at radius 1 is 1.41 bits per heavy atom. The highest BCUT2D eigenvalue weighted by atomic mass is 35.5. The first kappa shape index (κ1) is 21.0. The van der Waals surface area contributed by atoms with E-state index in [9.17, 15) is 9.18 Å². The van der Waals surface area contributed by atoms with Crippen molar-refractivity contribution in [3.8, 4) is 11.5 Å². The molecule has 0 saturated carbocycles. The van der Waals surface area contributed by atoms with E-state index in [1.54, 1.807) is 19.1 Å². The van der Waals surface area contributed by atoms with Crippen LogP contribution in [0.4, 0.5) is 15.9 Å². The molecular weight excluding hydrogens is 398 g/mol. The lowest BCUT2D eigenvalue weighted by molar-refractivity contribution is -0.134. The van der Waals surface area contributed by atoms with Crippen molar-refractivity contribution in [1.29, 1.82) is 0 Å². The molecule has 0 saturated heterocycles. The van der Waals surface area contributed by atoms with Gasteiger partial charge in [-0.25, -0.2) is 0 Å². The minimum Gasteiger partial charge on any atom is -0.480 e. The number of nitrogens with one attached hydrogen (secondary N) is 1. The number of aromatic nitrogens is 1. The number of hydrogen-bond donors (Lipinski definition) is 4. The third-order valence-electron chi connectivity index (χ3n) is 3.75. The molecule has 27 heavy (non-hydrogen) atoms. The Kier molecular flexibility index (Phi) is 6.69. The van der Waals surface area contributed by atoms with Crippen LogP contribution in [0.3, 0.4) is 0 Å². The zero-order valence-corrected chi connectivity index (χ0v) is 16.2. The van der Waals surface area contributed by atoms with Gasteiger partial charge in [-0.15, -0.1) is 0 Å². The molecule has 1 aromatic heterocycles. The number of rotatable bonds is 7. The van der Waals surface area contributed by atoms with Crippen LogP contribution in [0.25, 0.3) is 0 Å². The summed E-state index contributed by atoms with van der Waals surface area (Å²) in [6, 6.07) is 3.01. The number of ether oxygens (including phenoxy) is 1. The van der Waals surface area contributed by atoms with Crippen LogP contribution >= 0.6 is 23.2 Å². The third kappa shape index (κ3) is 4.71. The normalized spacial score (nSPS) is 11.9. The number of nitrogen functional groups attached to an aromatic ring is 1. The summed E-state index contributed by atoms with van der Waals surface area (Å²) in [6.45, 7) is 3.15. The van der Waals surface area contributed by atoms with Gasteiger partial charge in [0.2, 0.25) is 5.95 Å². The van der Waals surface area contributed by atoms with Gasteiger partial charge in [0.1, 0.15) is 22.3 Å². The second-order valence-corrected chi connectivity index (χ2v) is 6.54. The number of hydrogen-bond acceptors (Lipinski definition) is 6. The average molecular weight is 417 g/mol. The lowest BCUT2D eigenvalue weighted by Crippen LogP contribution is -2.14.